The van der Waals surface area contributed by atoms with Gasteiger partial charge in [0.15, 0.2) is 0 Å². The fourth-order valence-corrected chi connectivity index (χ4v) is 4.11. The molecule has 4 heteroatoms. The van der Waals surface area contributed by atoms with E-state index < -0.39 is 11.8 Å². The Bertz CT molecular complexity index is 1370. The van der Waals surface area contributed by atoms with Crippen LogP contribution in [0.3, 0.4) is 0 Å². The van der Waals surface area contributed by atoms with Gasteiger partial charge in [-0.25, -0.2) is 9.88 Å². The first-order valence-corrected chi connectivity index (χ1v) is 11.3. The van der Waals surface area contributed by atoms with Crippen molar-refractivity contribution in [3.63, 3.8) is 0 Å². The fraction of sp³-hybridized carbons (Fsp3) is 0. The van der Waals surface area contributed by atoms with Gasteiger partial charge in [0.2, 0.25) is 0 Å². The summed E-state index contributed by atoms with van der Waals surface area (Å²) in [5.41, 5.74) is 4.15. The van der Waals surface area contributed by atoms with E-state index >= 15 is 0 Å². The number of carbonyl (C=O) groups is 2. The zero-order chi connectivity index (χ0) is 24.0. The Morgan fingerprint density at radius 3 is 1.37 bits per heavy atom. The third-order valence-electron chi connectivity index (χ3n) is 5.77. The Balaban J connectivity index is 1.65. The van der Waals surface area contributed by atoms with Crippen molar-refractivity contribution in [3.8, 4) is 22.3 Å². The Morgan fingerprint density at radius 1 is 0.486 bits per heavy atom. The molecule has 1 aromatic heterocycles. The van der Waals surface area contributed by atoms with Crippen LogP contribution >= 0.6 is 0 Å². The van der Waals surface area contributed by atoms with E-state index in [1.54, 1.807) is 48.7 Å². The summed E-state index contributed by atoms with van der Waals surface area (Å²) in [6.45, 7) is 0. The van der Waals surface area contributed by atoms with Gasteiger partial charge in [0.25, 0.3) is 11.8 Å². The zero-order valence-corrected chi connectivity index (χ0v) is 18.9. The third-order valence-corrected chi connectivity index (χ3v) is 5.77. The molecule has 4 nitrogen and oxygen atoms in total. The molecule has 0 atom stereocenters. The SMILES string of the molecule is O=C(c1ccccc1-c1ccccc1)N(C(=O)c1ccccc1-c1ccccc1)c1ccccn1. The van der Waals surface area contributed by atoms with Crippen molar-refractivity contribution in [3.05, 3.63) is 145 Å². The van der Waals surface area contributed by atoms with Crippen LogP contribution in [-0.4, -0.2) is 16.8 Å². The first-order valence-electron chi connectivity index (χ1n) is 11.3. The Morgan fingerprint density at radius 2 is 0.914 bits per heavy atom. The van der Waals surface area contributed by atoms with Crippen LogP contribution in [0.4, 0.5) is 5.82 Å². The van der Waals surface area contributed by atoms with Crippen LogP contribution in [0.2, 0.25) is 0 Å². The first-order chi connectivity index (χ1) is 17.2. The number of rotatable bonds is 5. The van der Waals surface area contributed by atoms with Crippen LogP contribution in [0.1, 0.15) is 20.7 Å². The van der Waals surface area contributed by atoms with E-state index in [4.69, 9.17) is 0 Å². The molecule has 0 saturated carbocycles. The van der Waals surface area contributed by atoms with E-state index in [1.165, 1.54) is 4.90 Å². The van der Waals surface area contributed by atoms with Gasteiger partial charge in [0, 0.05) is 17.3 Å². The Labute approximate surface area is 204 Å². The number of nitrogens with zero attached hydrogens (tertiary/aromatic N) is 2. The molecule has 35 heavy (non-hydrogen) atoms. The molecular formula is C31H22N2O2. The van der Waals surface area contributed by atoms with Crippen LogP contribution in [0.25, 0.3) is 22.3 Å². The summed E-state index contributed by atoms with van der Waals surface area (Å²) in [7, 11) is 0. The highest BCUT2D eigenvalue weighted by Crippen LogP contribution is 2.29. The molecule has 5 rings (SSSR count). The van der Waals surface area contributed by atoms with Crippen molar-refractivity contribution in [2.75, 3.05) is 4.90 Å². The van der Waals surface area contributed by atoms with E-state index in [9.17, 15) is 9.59 Å². The monoisotopic (exact) mass is 454 g/mol. The van der Waals surface area contributed by atoms with Crippen molar-refractivity contribution in [2.45, 2.75) is 0 Å². The van der Waals surface area contributed by atoms with Crippen LogP contribution < -0.4 is 4.90 Å². The molecule has 0 spiro atoms. The molecule has 1 heterocycles. The average molecular weight is 455 g/mol. The molecule has 0 N–H and O–H groups in total. The maximum atomic E-state index is 14.1. The van der Waals surface area contributed by atoms with Crippen molar-refractivity contribution in [1.82, 2.24) is 4.98 Å². The highest BCUT2D eigenvalue weighted by Gasteiger charge is 2.30. The number of hydrogen-bond acceptors (Lipinski definition) is 3. The maximum absolute atomic E-state index is 14.1. The molecule has 0 aliphatic rings. The lowest BCUT2D eigenvalue weighted by Crippen LogP contribution is -2.38. The first kappa shape index (κ1) is 22.0. The van der Waals surface area contributed by atoms with Gasteiger partial charge >= 0.3 is 0 Å². The molecular weight excluding hydrogens is 432 g/mol. The molecule has 0 radical (unpaired) electrons. The highest BCUT2D eigenvalue weighted by atomic mass is 16.2. The second kappa shape index (κ2) is 9.98. The van der Waals surface area contributed by atoms with Crippen LogP contribution in [0.15, 0.2) is 134 Å². The standard InChI is InChI=1S/C31H22N2O2/c34-30(27-19-9-7-17-25(27)23-13-3-1-4-14-23)33(29-21-11-12-22-32-29)31(35)28-20-10-8-18-26(28)24-15-5-2-6-16-24/h1-22H. The number of benzene rings is 4. The number of imide groups is 1. The number of pyridine rings is 1. The minimum atomic E-state index is -0.434. The summed E-state index contributed by atoms with van der Waals surface area (Å²) < 4.78 is 0. The third kappa shape index (κ3) is 4.50. The largest absolute Gasteiger partial charge is 0.268 e. The summed E-state index contributed by atoms with van der Waals surface area (Å²) >= 11 is 0. The number of carbonyl (C=O) groups excluding carboxylic acids is 2. The average Bonchev–Trinajstić information content (AvgIpc) is 2.94. The van der Waals surface area contributed by atoms with Gasteiger partial charge < -0.3 is 0 Å². The molecule has 5 aromatic rings. The fourth-order valence-electron chi connectivity index (χ4n) is 4.11. The minimum absolute atomic E-state index is 0.272. The molecule has 0 aliphatic carbocycles. The second-order valence-corrected chi connectivity index (χ2v) is 7.96. The Kier molecular flexibility index (Phi) is 6.27. The molecule has 168 valence electrons. The van der Waals surface area contributed by atoms with Crippen LogP contribution in [-0.2, 0) is 0 Å². The summed E-state index contributed by atoms with van der Waals surface area (Å²) in [6, 6.07) is 39.2. The van der Waals surface area contributed by atoms with Crippen molar-refractivity contribution < 1.29 is 9.59 Å². The molecule has 0 aliphatic heterocycles. The lowest BCUT2D eigenvalue weighted by Gasteiger charge is -2.23. The predicted molar refractivity (Wildman–Crippen MR) is 139 cm³/mol. The number of aromatic nitrogens is 1. The number of anilines is 1. The van der Waals surface area contributed by atoms with Gasteiger partial charge in [-0.05, 0) is 46.5 Å². The van der Waals surface area contributed by atoms with Gasteiger partial charge in [0.1, 0.15) is 5.82 Å². The summed E-state index contributed by atoms with van der Waals surface area (Å²) in [6.07, 6.45) is 1.58. The van der Waals surface area contributed by atoms with Gasteiger partial charge in [-0.2, -0.15) is 0 Å². The van der Waals surface area contributed by atoms with Gasteiger partial charge in [-0.1, -0.05) is 103 Å². The summed E-state index contributed by atoms with van der Waals surface area (Å²) in [4.78, 5) is 33.7. The summed E-state index contributed by atoms with van der Waals surface area (Å²) in [5.74, 6) is -0.597. The van der Waals surface area contributed by atoms with Crippen LogP contribution in [0.5, 0.6) is 0 Å². The maximum Gasteiger partial charge on any atom is 0.267 e. The topological polar surface area (TPSA) is 50.3 Å². The summed E-state index contributed by atoms with van der Waals surface area (Å²) in [5, 5.41) is 0. The highest BCUT2D eigenvalue weighted by molar-refractivity contribution is 6.27. The number of amides is 2. The molecule has 4 aromatic carbocycles. The minimum Gasteiger partial charge on any atom is -0.268 e. The van der Waals surface area contributed by atoms with Gasteiger partial charge in [-0.3, -0.25) is 9.59 Å². The molecule has 0 fully saturated rings. The van der Waals surface area contributed by atoms with Crippen LogP contribution in [0, 0.1) is 0 Å². The smallest absolute Gasteiger partial charge is 0.267 e. The lowest BCUT2D eigenvalue weighted by atomic mass is 9.97. The molecule has 0 bridgehead atoms. The van der Waals surface area contributed by atoms with Gasteiger partial charge in [-0.15, -0.1) is 0 Å². The quantitative estimate of drug-likeness (QED) is 0.271. The lowest BCUT2D eigenvalue weighted by molar-refractivity contribution is 0.0897. The van der Waals surface area contributed by atoms with Gasteiger partial charge in [0.05, 0.1) is 0 Å². The number of hydrogen-bond donors (Lipinski definition) is 0. The van der Waals surface area contributed by atoms with E-state index in [0.29, 0.717) is 11.1 Å². The van der Waals surface area contributed by atoms with E-state index in [1.807, 2.05) is 84.9 Å². The molecule has 2 amide bonds. The Hall–Kier alpha value is -4.83. The molecule has 0 unspecified atom stereocenters. The van der Waals surface area contributed by atoms with Crippen molar-refractivity contribution in [2.24, 2.45) is 0 Å². The van der Waals surface area contributed by atoms with E-state index in [2.05, 4.69) is 4.98 Å². The second-order valence-electron chi connectivity index (χ2n) is 7.96. The normalized spacial score (nSPS) is 10.5. The van der Waals surface area contributed by atoms with Crippen molar-refractivity contribution in [1.29, 1.82) is 0 Å². The van der Waals surface area contributed by atoms with E-state index in [-0.39, 0.29) is 5.82 Å². The zero-order valence-electron chi connectivity index (χ0n) is 18.9. The predicted octanol–water partition coefficient (Wildman–Crippen LogP) is 6.90. The van der Waals surface area contributed by atoms with Crippen molar-refractivity contribution >= 4 is 17.6 Å². The molecule has 0 saturated heterocycles. The van der Waals surface area contributed by atoms with E-state index in [0.717, 1.165) is 22.3 Å².